The Hall–Kier alpha value is -1.57. The van der Waals surface area contributed by atoms with Crippen molar-refractivity contribution in [1.29, 1.82) is 0 Å². The zero-order valence-electron chi connectivity index (χ0n) is 13.9. The highest BCUT2D eigenvalue weighted by molar-refractivity contribution is 7.94. The Labute approximate surface area is 161 Å². The van der Waals surface area contributed by atoms with Gasteiger partial charge in [-0.1, -0.05) is 18.2 Å². The number of halogens is 2. The van der Waals surface area contributed by atoms with Crippen LogP contribution in [-0.4, -0.2) is 43.0 Å². The number of carbonyl (C=O) groups is 2. The van der Waals surface area contributed by atoms with Crippen LogP contribution in [0.3, 0.4) is 0 Å². The molecule has 0 N–H and O–H groups in total. The minimum absolute atomic E-state index is 0.217. The third-order valence-electron chi connectivity index (χ3n) is 4.58. The van der Waals surface area contributed by atoms with E-state index in [4.69, 9.17) is 27.9 Å². The first-order valence-electron chi connectivity index (χ1n) is 7.89. The molecule has 0 aromatic heterocycles. The van der Waals surface area contributed by atoms with Crippen molar-refractivity contribution in [2.24, 2.45) is 5.41 Å². The van der Waals surface area contributed by atoms with Crippen LogP contribution in [0.2, 0.25) is 0 Å². The zero-order chi connectivity index (χ0) is 19.2. The second kappa shape index (κ2) is 6.55. The lowest BCUT2D eigenvalue weighted by molar-refractivity contribution is -0.153. The van der Waals surface area contributed by atoms with E-state index < -0.39 is 44.1 Å². The molecule has 6 nitrogen and oxygen atoms in total. The molecule has 0 spiro atoms. The SMILES string of the molecule is C[C@]1(C(=O)OCC(=O)N(c2ccccc2)[C@H]2C=CS(=O)(=O)C2)CC1(Cl)Cl. The Morgan fingerprint density at radius 1 is 1.27 bits per heavy atom. The fourth-order valence-corrected chi connectivity index (χ4v) is 4.76. The molecule has 0 saturated heterocycles. The van der Waals surface area contributed by atoms with E-state index in [1.165, 1.54) is 11.0 Å². The maximum Gasteiger partial charge on any atom is 0.315 e. The van der Waals surface area contributed by atoms with Crippen LogP contribution in [0.5, 0.6) is 0 Å². The van der Waals surface area contributed by atoms with Crippen molar-refractivity contribution >= 4 is 50.6 Å². The molecule has 1 saturated carbocycles. The van der Waals surface area contributed by atoms with Gasteiger partial charge in [-0.25, -0.2) is 8.42 Å². The normalized spacial score (nSPS) is 27.7. The summed E-state index contributed by atoms with van der Waals surface area (Å²) >= 11 is 11.9. The number of hydrogen-bond donors (Lipinski definition) is 0. The lowest BCUT2D eigenvalue weighted by atomic mass is 10.1. The minimum Gasteiger partial charge on any atom is -0.455 e. The number of ether oxygens (including phenoxy) is 1. The fraction of sp³-hybridized carbons (Fsp3) is 0.412. The van der Waals surface area contributed by atoms with Gasteiger partial charge in [-0.15, -0.1) is 23.2 Å². The summed E-state index contributed by atoms with van der Waals surface area (Å²) in [5, 5.41) is 1.09. The molecule has 140 valence electrons. The summed E-state index contributed by atoms with van der Waals surface area (Å²) in [6.45, 7) is 1.04. The van der Waals surface area contributed by atoms with Gasteiger partial charge in [-0.05, 0) is 25.1 Å². The topological polar surface area (TPSA) is 80.8 Å². The molecule has 2 aliphatic rings. The van der Waals surface area contributed by atoms with E-state index in [-0.39, 0.29) is 12.2 Å². The number of benzene rings is 1. The highest BCUT2D eigenvalue weighted by Gasteiger charge is 2.69. The van der Waals surface area contributed by atoms with Gasteiger partial charge in [-0.3, -0.25) is 9.59 Å². The van der Waals surface area contributed by atoms with Crippen LogP contribution >= 0.6 is 23.2 Å². The average Bonchev–Trinajstić information content (AvgIpc) is 2.90. The summed E-state index contributed by atoms with van der Waals surface area (Å²) in [6, 6.07) is 7.95. The van der Waals surface area contributed by atoms with Crippen LogP contribution < -0.4 is 4.90 Å². The van der Waals surface area contributed by atoms with Crippen LogP contribution in [0.1, 0.15) is 13.3 Å². The van der Waals surface area contributed by atoms with Crippen LogP contribution in [0.4, 0.5) is 5.69 Å². The maximum absolute atomic E-state index is 12.7. The molecule has 0 unspecified atom stereocenters. The molecule has 0 bridgehead atoms. The summed E-state index contributed by atoms with van der Waals surface area (Å²) in [7, 11) is -3.36. The molecular formula is C17H17Cl2NO5S. The van der Waals surface area contributed by atoms with Crippen molar-refractivity contribution in [3.8, 4) is 0 Å². The van der Waals surface area contributed by atoms with Crippen molar-refractivity contribution < 1.29 is 22.7 Å². The largest absolute Gasteiger partial charge is 0.455 e. The van der Waals surface area contributed by atoms with Crippen molar-refractivity contribution in [2.45, 2.75) is 23.7 Å². The van der Waals surface area contributed by atoms with Crippen LogP contribution in [0.15, 0.2) is 41.8 Å². The van der Waals surface area contributed by atoms with Crippen molar-refractivity contribution in [3.63, 3.8) is 0 Å². The van der Waals surface area contributed by atoms with Crippen LogP contribution in [0.25, 0.3) is 0 Å². The van der Waals surface area contributed by atoms with E-state index in [0.717, 1.165) is 5.41 Å². The first kappa shape index (κ1) is 19.2. The number of alkyl halides is 2. The van der Waals surface area contributed by atoms with Crippen LogP contribution in [-0.2, 0) is 24.2 Å². The van der Waals surface area contributed by atoms with Crippen molar-refractivity contribution in [1.82, 2.24) is 0 Å². The van der Waals surface area contributed by atoms with E-state index in [1.54, 1.807) is 37.3 Å². The number of amides is 1. The van der Waals surface area contributed by atoms with E-state index in [0.29, 0.717) is 5.69 Å². The smallest absolute Gasteiger partial charge is 0.315 e. The molecular weight excluding hydrogens is 401 g/mol. The van der Waals surface area contributed by atoms with Gasteiger partial charge in [0.05, 0.1) is 11.8 Å². The van der Waals surface area contributed by atoms with Gasteiger partial charge in [0.2, 0.25) is 0 Å². The molecule has 1 amide bonds. The van der Waals surface area contributed by atoms with Gasteiger partial charge in [0.25, 0.3) is 5.91 Å². The quantitative estimate of drug-likeness (QED) is 0.542. The van der Waals surface area contributed by atoms with E-state index in [1.807, 2.05) is 0 Å². The Balaban J connectivity index is 1.74. The fourth-order valence-electron chi connectivity index (χ4n) is 2.81. The van der Waals surface area contributed by atoms with Gasteiger partial charge in [0, 0.05) is 17.5 Å². The zero-order valence-corrected chi connectivity index (χ0v) is 16.2. The number of nitrogens with zero attached hydrogens (tertiary/aromatic N) is 1. The number of rotatable bonds is 5. The molecule has 1 aliphatic carbocycles. The molecule has 9 heteroatoms. The molecule has 0 radical (unpaired) electrons. The van der Waals surface area contributed by atoms with Gasteiger partial charge in [0.1, 0.15) is 9.75 Å². The molecule has 1 aliphatic heterocycles. The lowest BCUT2D eigenvalue weighted by Gasteiger charge is -2.27. The summed E-state index contributed by atoms with van der Waals surface area (Å²) in [5.41, 5.74) is -0.521. The molecule has 1 heterocycles. The molecule has 1 aromatic rings. The Morgan fingerprint density at radius 2 is 1.88 bits per heavy atom. The van der Waals surface area contributed by atoms with Gasteiger partial charge in [0.15, 0.2) is 16.4 Å². The highest BCUT2D eigenvalue weighted by atomic mass is 35.5. The predicted octanol–water partition coefficient (Wildman–Crippen LogP) is 2.46. The molecule has 26 heavy (non-hydrogen) atoms. The summed E-state index contributed by atoms with van der Waals surface area (Å²) in [4.78, 5) is 26.2. The third kappa shape index (κ3) is 3.61. The van der Waals surface area contributed by atoms with Gasteiger partial charge >= 0.3 is 5.97 Å². The third-order valence-corrected chi connectivity index (χ3v) is 7.06. The van der Waals surface area contributed by atoms with Gasteiger partial charge in [-0.2, -0.15) is 0 Å². The van der Waals surface area contributed by atoms with E-state index in [9.17, 15) is 18.0 Å². The first-order valence-corrected chi connectivity index (χ1v) is 10.4. The molecule has 2 atom stereocenters. The second-order valence-electron chi connectivity index (χ2n) is 6.61. The number of sulfone groups is 1. The maximum atomic E-state index is 12.7. The van der Waals surface area contributed by atoms with E-state index in [2.05, 4.69) is 0 Å². The lowest BCUT2D eigenvalue weighted by Crippen LogP contribution is -2.43. The highest BCUT2D eigenvalue weighted by Crippen LogP contribution is 2.64. The number of hydrogen-bond acceptors (Lipinski definition) is 5. The molecule has 1 aromatic carbocycles. The van der Waals surface area contributed by atoms with Crippen LogP contribution in [0, 0.1) is 5.41 Å². The summed E-state index contributed by atoms with van der Waals surface area (Å²) in [6.07, 6.45) is 1.70. The summed E-state index contributed by atoms with van der Waals surface area (Å²) < 4.78 is 27.4. The first-order chi connectivity index (χ1) is 12.1. The summed E-state index contributed by atoms with van der Waals surface area (Å²) in [5.74, 6) is -1.40. The van der Waals surface area contributed by atoms with Crippen molar-refractivity contribution in [3.05, 3.63) is 41.8 Å². The van der Waals surface area contributed by atoms with Gasteiger partial charge < -0.3 is 9.64 Å². The number of esters is 1. The van der Waals surface area contributed by atoms with E-state index >= 15 is 0 Å². The monoisotopic (exact) mass is 417 g/mol. The Kier molecular flexibility index (Phi) is 4.83. The average molecular weight is 418 g/mol. The second-order valence-corrected chi connectivity index (χ2v) is 10.0. The number of anilines is 1. The Bertz CT molecular complexity index is 868. The minimum atomic E-state index is -3.36. The molecule has 3 rings (SSSR count). The van der Waals surface area contributed by atoms with Crippen molar-refractivity contribution in [2.75, 3.05) is 17.3 Å². The number of carbonyl (C=O) groups excluding carboxylic acids is 2. The predicted molar refractivity (Wildman–Crippen MR) is 98.8 cm³/mol. The number of para-hydroxylation sites is 1. The molecule has 1 fully saturated rings. The standard InChI is InChI=1S/C17H17Cl2NO5S/c1-16(11-17(16,18)19)15(22)25-9-14(21)20(12-5-3-2-4-6-12)13-7-8-26(23,24)10-13/h2-8,13H,9-11H2,1H3/t13-,16+/m0/s1. The Morgan fingerprint density at radius 3 is 2.38 bits per heavy atom.